The lowest BCUT2D eigenvalue weighted by Crippen LogP contribution is -2.14. The van der Waals surface area contributed by atoms with Crippen molar-refractivity contribution in [2.75, 3.05) is 11.9 Å². The minimum Gasteiger partial charge on any atom is -0.454 e. The van der Waals surface area contributed by atoms with Gasteiger partial charge in [-0.2, -0.15) is 0 Å². The molecule has 68 valence electrons. The molecule has 12 heavy (non-hydrogen) atoms. The van der Waals surface area contributed by atoms with E-state index in [2.05, 4.69) is 32.0 Å². The molecule has 0 amide bonds. The number of carbonyl (C=O) groups is 2. The molecule has 0 rings (SSSR count). The molecule has 0 aliphatic rings. The molecule has 0 aromatic carbocycles. The third kappa shape index (κ3) is 5.91. The van der Waals surface area contributed by atoms with Crippen molar-refractivity contribution in [2.45, 2.75) is 6.42 Å². The Morgan fingerprint density at radius 3 is 2.58 bits per heavy atom. The van der Waals surface area contributed by atoms with Gasteiger partial charge >= 0.3 is 11.9 Å². The highest BCUT2D eigenvalue weighted by Crippen LogP contribution is 1.91. The van der Waals surface area contributed by atoms with E-state index in [-0.39, 0.29) is 13.0 Å². The minimum absolute atomic E-state index is 0.237. The van der Waals surface area contributed by atoms with Gasteiger partial charge in [-0.05, 0) is 0 Å². The fourth-order valence-electron chi connectivity index (χ4n) is 0.416. The van der Waals surface area contributed by atoms with Crippen LogP contribution < -0.4 is 0 Å². The predicted octanol–water partition coefficient (Wildman–Crippen LogP) is 1.00. The smallest absolute Gasteiger partial charge is 0.349 e. The second kappa shape index (κ2) is 6.84. The van der Waals surface area contributed by atoms with Crippen LogP contribution in [0.5, 0.6) is 0 Å². The Labute approximate surface area is 78.7 Å². The summed E-state index contributed by atoms with van der Waals surface area (Å²) in [6, 6.07) is 0. The molecule has 0 fully saturated rings. The summed E-state index contributed by atoms with van der Waals surface area (Å²) in [5.74, 6) is -1.07. The van der Waals surface area contributed by atoms with Crippen LogP contribution in [0.1, 0.15) is 6.42 Å². The van der Waals surface area contributed by atoms with Crippen LogP contribution in [0.4, 0.5) is 0 Å². The molecule has 5 heteroatoms. The van der Waals surface area contributed by atoms with Crippen LogP contribution in [0.3, 0.4) is 0 Å². The monoisotopic (exact) mass is 236 g/mol. The Kier molecular flexibility index (Phi) is 6.37. The number of ether oxygens (including phenoxy) is 2. The summed E-state index contributed by atoms with van der Waals surface area (Å²) < 4.78 is 8.81. The largest absolute Gasteiger partial charge is 0.454 e. The van der Waals surface area contributed by atoms with E-state index in [9.17, 15) is 9.59 Å². The Balaban J connectivity index is 3.46. The zero-order chi connectivity index (χ0) is 9.40. The van der Waals surface area contributed by atoms with E-state index in [1.54, 1.807) is 0 Å². The van der Waals surface area contributed by atoms with Crippen LogP contribution in [0, 0.1) is 0 Å². The molecule has 0 saturated carbocycles. The molecule has 0 unspecified atom stereocenters. The van der Waals surface area contributed by atoms with E-state index in [4.69, 9.17) is 0 Å². The molecule has 0 aliphatic heterocycles. The lowest BCUT2D eigenvalue weighted by atomic mass is 10.5. The van der Waals surface area contributed by atoms with Gasteiger partial charge in [0.1, 0.15) is 0 Å². The van der Waals surface area contributed by atoms with Crippen LogP contribution in [0.2, 0.25) is 0 Å². The molecule has 0 N–H and O–H groups in total. The highest BCUT2D eigenvalue weighted by atomic mass is 79.9. The van der Waals surface area contributed by atoms with Gasteiger partial charge in [-0.3, -0.25) is 4.79 Å². The average molecular weight is 237 g/mol. The Morgan fingerprint density at radius 1 is 1.42 bits per heavy atom. The summed E-state index contributed by atoms with van der Waals surface area (Å²) >= 11 is 3.05. The first-order valence-electron chi connectivity index (χ1n) is 3.22. The van der Waals surface area contributed by atoms with Crippen LogP contribution in [-0.4, -0.2) is 23.9 Å². The van der Waals surface area contributed by atoms with E-state index >= 15 is 0 Å². The summed E-state index contributed by atoms with van der Waals surface area (Å²) in [6.45, 7) is 2.81. The number of hydrogen-bond acceptors (Lipinski definition) is 4. The zero-order valence-electron chi connectivity index (χ0n) is 6.42. The Morgan fingerprint density at radius 2 is 2.08 bits per heavy atom. The van der Waals surface area contributed by atoms with Crippen molar-refractivity contribution in [1.29, 1.82) is 0 Å². The van der Waals surface area contributed by atoms with Gasteiger partial charge < -0.3 is 9.47 Å². The lowest BCUT2D eigenvalue weighted by molar-refractivity contribution is -0.155. The number of esters is 2. The van der Waals surface area contributed by atoms with Crippen molar-refractivity contribution in [2.24, 2.45) is 0 Å². The van der Waals surface area contributed by atoms with Crippen LogP contribution in [0.15, 0.2) is 12.8 Å². The maximum Gasteiger partial charge on any atom is 0.349 e. The normalized spacial score (nSPS) is 8.75. The molecule has 0 aromatic rings. The number of rotatable bonds is 5. The zero-order valence-corrected chi connectivity index (χ0v) is 8.00. The lowest BCUT2D eigenvalue weighted by Gasteiger charge is -2.00. The fourth-order valence-corrected chi connectivity index (χ4v) is 0.739. The fraction of sp³-hybridized carbons (Fsp3) is 0.429. The van der Waals surface area contributed by atoms with E-state index < -0.39 is 11.9 Å². The maximum atomic E-state index is 10.7. The minimum atomic E-state index is -0.632. The van der Waals surface area contributed by atoms with Crippen LogP contribution >= 0.6 is 15.9 Å². The van der Waals surface area contributed by atoms with Crippen molar-refractivity contribution in [1.82, 2.24) is 0 Å². The molecular weight excluding hydrogens is 228 g/mol. The van der Waals surface area contributed by atoms with Crippen LogP contribution in [-0.2, 0) is 19.1 Å². The molecule has 0 saturated heterocycles. The molecule has 0 radical (unpaired) electrons. The quantitative estimate of drug-likeness (QED) is 0.406. The van der Waals surface area contributed by atoms with E-state index in [1.807, 2.05) is 0 Å². The molecule has 4 nitrogen and oxygen atoms in total. The number of halogens is 1. The Bertz CT molecular complexity index is 178. The number of hydrogen-bond donors (Lipinski definition) is 0. The highest BCUT2D eigenvalue weighted by molar-refractivity contribution is 9.09. The van der Waals surface area contributed by atoms with Gasteiger partial charge in [0.15, 0.2) is 6.61 Å². The molecule has 0 aromatic heterocycles. The standard InChI is InChI=1S/C7H9BrO4/c1-2-11-7(10)5-12-6(9)3-4-8/h2H,1,3-5H2. The van der Waals surface area contributed by atoms with Crippen molar-refractivity contribution in [3.8, 4) is 0 Å². The van der Waals surface area contributed by atoms with Gasteiger partial charge in [0.25, 0.3) is 0 Å². The van der Waals surface area contributed by atoms with E-state index in [1.165, 1.54) is 0 Å². The Hall–Kier alpha value is -0.840. The number of alkyl halides is 1. The summed E-state index contributed by atoms with van der Waals surface area (Å²) in [4.78, 5) is 21.2. The molecule has 0 atom stereocenters. The summed E-state index contributed by atoms with van der Waals surface area (Å²) in [7, 11) is 0. The topological polar surface area (TPSA) is 52.6 Å². The second-order valence-electron chi connectivity index (χ2n) is 1.76. The molecule has 0 spiro atoms. The van der Waals surface area contributed by atoms with Gasteiger partial charge in [-0.1, -0.05) is 22.5 Å². The number of carbonyl (C=O) groups excluding carboxylic acids is 2. The van der Waals surface area contributed by atoms with Gasteiger partial charge in [-0.15, -0.1) is 0 Å². The molecular formula is C7H9BrO4. The predicted molar refractivity (Wildman–Crippen MR) is 45.7 cm³/mol. The summed E-state index contributed by atoms with van der Waals surface area (Å²) in [6.07, 6.45) is 1.22. The van der Waals surface area contributed by atoms with E-state index in [0.717, 1.165) is 6.26 Å². The molecule has 0 heterocycles. The van der Waals surface area contributed by atoms with Crippen molar-refractivity contribution in [3.05, 3.63) is 12.8 Å². The average Bonchev–Trinajstić information content (AvgIpc) is 2.02. The highest BCUT2D eigenvalue weighted by Gasteiger charge is 2.05. The summed E-state index contributed by atoms with van der Waals surface area (Å²) in [5.41, 5.74) is 0. The first kappa shape index (κ1) is 11.2. The van der Waals surface area contributed by atoms with Gasteiger partial charge in [0.2, 0.25) is 0 Å². The summed E-state index contributed by atoms with van der Waals surface area (Å²) in [5, 5.41) is 0.516. The third-order valence-corrected chi connectivity index (χ3v) is 1.26. The second-order valence-corrected chi connectivity index (χ2v) is 2.55. The van der Waals surface area contributed by atoms with Crippen molar-refractivity contribution < 1.29 is 19.1 Å². The van der Waals surface area contributed by atoms with E-state index in [0.29, 0.717) is 5.33 Å². The molecule has 0 bridgehead atoms. The van der Waals surface area contributed by atoms with Gasteiger partial charge in [-0.25, -0.2) is 4.79 Å². The molecule has 0 aliphatic carbocycles. The first-order chi connectivity index (χ1) is 5.70. The third-order valence-electron chi connectivity index (χ3n) is 0.864. The van der Waals surface area contributed by atoms with Crippen molar-refractivity contribution >= 4 is 27.9 Å². The SMILES string of the molecule is C=COC(=O)COC(=O)CCBr. The van der Waals surface area contributed by atoms with Crippen LogP contribution in [0.25, 0.3) is 0 Å². The van der Waals surface area contributed by atoms with Gasteiger partial charge in [0.05, 0.1) is 12.7 Å². The maximum absolute atomic E-state index is 10.7. The van der Waals surface area contributed by atoms with Gasteiger partial charge in [0, 0.05) is 5.33 Å². The first-order valence-corrected chi connectivity index (χ1v) is 4.34. The van der Waals surface area contributed by atoms with Crippen molar-refractivity contribution in [3.63, 3.8) is 0 Å².